The van der Waals surface area contributed by atoms with Crippen LogP contribution in [-0.4, -0.2) is 6.54 Å². The average Bonchev–Trinajstić information content (AvgIpc) is 2.81. The van der Waals surface area contributed by atoms with Crippen LogP contribution >= 0.6 is 0 Å². The van der Waals surface area contributed by atoms with Crippen molar-refractivity contribution in [3.8, 4) is 0 Å². The predicted octanol–water partition coefficient (Wildman–Crippen LogP) is 3.62. The van der Waals surface area contributed by atoms with E-state index in [-0.39, 0.29) is 11.9 Å². The lowest BCUT2D eigenvalue weighted by atomic mass is 9.97. The predicted molar refractivity (Wildman–Crippen MR) is 70.0 cm³/mol. The van der Waals surface area contributed by atoms with Gasteiger partial charge in [-0.3, -0.25) is 0 Å². The Morgan fingerprint density at radius 3 is 2.78 bits per heavy atom. The highest BCUT2D eigenvalue weighted by molar-refractivity contribution is 5.30. The van der Waals surface area contributed by atoms with Crippen LogP contribution in [0.3, 0.4) is 0 Å². The summed E-state index contributed by atoms with van der Waals surface area (Å²) in [7, 11) is 0. The minimum absolute atomic E-state index is 0.154. The molecule has 0 fully saturated rings. The molecule has 2 rings (SSSR count). The van der Waals surface area contributed by atoms with Crippen molar-refractivity contribution in [2.75, 3.05) is 6.54 Å². The van der Waals surface area contributed by atoms with E-state index in [2.05, 4.69) is 12.2 Å². The second-order valence-electron chi connectivity index (χ2n) is 4.39. The maximum Gasteiger partial charge on any atom is 0.123 e. The van der Waals surface area contributed by atoms with Gasteiger partial charge in [0.25, 0.3) is 0 Å². The van der Waals surface area contributed by atoms with E-state index < -0.39 is 0 Å². The highest BCUT2D eigenvalue weighted by Crippen LogP contribution is 2.22. The summed E-state index contributed by atoms with van der Waals surface area (Å²) in [6.45, 7) is 4.86. The second kappa shape index (κ2) is 5.83. The number of rotatable bonds is 5. The molecule has 96 valence electrons. The maximum atomic E-state index is 13.1. The van der Waals surface area contributed by atoms with Gasteiger partial charge >= 0.3 is 0 Å². The lowest BCUT2D eigenvalue weighted by Crippen LogP contribution is -2.23. The zero-order valence-electron chi connectivity index (χ0n) is 10.7. The van der Waals surface area contributed by atoms with Gasteiger partial charge in [0, 0.05) is 12.5 Å². The lowest BCUT2D eigenvalue weighted by molar-refractivity contribution is 0.453. The molecular weight excluding hydrogens is 229 g/mol. The highest BCUT2D eigenvalue weighted by Gasteiger charge is 2.15. The summed E-state index contributed by atoms with van der Waals surface area (Å²) in [5.74, 6) is 0.745. The van der Waals surface area contributed by atoms with Crippen molar-refractivity contribution < 1.29 is 8.81 Å². The standard InChI is InChI=1S/C15H18FNO/c1-3-17-15(10-13-5-4-8-18-13)14-7-6-12(16)9-11(14)2/h4-9,15,17H,3,10H2,1-2H3. The lowest BCUT2D eigenvalue weighted by Gasteiger charge is -2.19. The molecule has 1 N–H and O–H groups in total. The monoisotopic (exact) mass is 247 g/mol. The van der Waals surface area contributed by atoms with Gasteiger partial charge in [-0.1, -0.05) is 13.0 Å². The van der Waals surface area contributed by atoms with Gasteiger partial charge in [-0.25, -0.2) is 4.39 Å². The van der Waals surface area contributed by atoms with Gasteiger partial charge in [0.2, 0.25) is 0 Å². The molecule has 0 saturated carbocycles. The third-order valence-electron chi connectivity index (χ3n) is 3.04. The molecule has 1 aromatic heterocycles. The molecule has 0 radical (unpaired) electrons. The van der Waals surface area contributed by atoms with Crippen LogP contribution in [0.2, 0.25) is 0 Å². The number of hydrogen-bond donors (Lipinski definition) is 1. The first-order valence-electron chi connectivity index (χ1n) is 6.22. The molecule has 1 atom stereocenters. The van der Waals surface area contributed by atoms with Gasteiger partial charge < -0.3 is 9.73 Å². The molecule has 2 aromatic rings. The fraction of sp³-hybridized carbons (Fsp3) is 0.333. The van der Waals surface area contributed by atoms with E-state index in [1.807, 2.05) is 25.1 Å². The summed E-state index contributed by atoms with van der Waals surface area (Å²) < 4.78 is 18.5. The second-order valence-corrected chi connectivity index (χ2v) is 4.39. The number of hydrogen-bond acceptors (Lipinski definition) is 2. The smallest absolute Gasteiger partial charge is 0.123 e. The molecule has 1 heterocycles. The average molecular weight is 247 g/mol. The maximum absolute atomic E-state index is 13.1. The molecule has 2 nitrogen and oxygen atoms in total. The molecule has 1 unspecified atom stereocenters. The Morgan fingerprint density at radius 2 is 2.17 bits per heavy atom. The third kappa shape index (κ3) is 2.99. The number of aryl methyl sites for hydroxylation is 1. The number of halogens is 1. The molecule has 0 spiro atoms. The Kier molecular flexibility index (Phi) is 4.15. The van der Waals surface area contributed by atoms with Crippen LogP contribution in [0, 0.1) is 12.7 Å². The van der Waals surface area contributed by atoms with Crippen LogP contribution in [0.4, 0.5) is 4.39 Å². The Labute approximate surface area is 107 Å². The number of nitrogens with one attached hydrogen (secondary N) is 1. The first kappa shape index (κ1) is 12.8. The highest BCUT2D eigenvalue weighted by atomic mass is 19.1. The molecule has 0 bridgehead atoms. The minimum Gasteiger partial charge on any atom is -0.469 e. The Bertz CT molecular complexity index is 493. The molecular formula is C15H18FNO. The summed E-state index contributed by atoms with van der Waals surface area (Å²) in [6.07, 6.45) is 2.45. The van der Waals surface area contributed by atoms with Gasteiger partial charge in [-0.15, -0.1) is 0 Å². The van der Waals surface area contributed by atoms with Crippen molar-refractivity contribution in [2.24, 2.45) is 0 Å². The summed E-state index contributed by atoms with van der Waals surface area (Å²) in [5.41, 5.74) is 2.09. The van der Waals surface area contributed by atoms with Crippen molar-refractivity contribution in [3.63, 3.8) is 0 Å². The zero-order chi connectivity index (χ0) is 13.0. The van der Waals surface area contributed by atoms with E-state index in [1.165, 1.54) is 6.07 Å². The van der Waals surface area contributed by atoms with Crippen LogP contribution < -0.4 is 5.32 Å². The van der Waals surface area contributed by atoms with Crippen LogP contribution in [0.1, 0.15) is 29.9 Å². The SMILES string of the molecule is CCNC(Cc1ccco1)c1ccc(F)cc1C. The molecule has 18 heavy (non-hydrogen) atoms. The quantitative estimate of drug-likeness (QED) is 0.873. The van der Waals surface area contributed by atoms with E-state index in [0.717, 1.165) is 29.9 Å². The third-order valence-corrected chi connectivity index (χ3v) is 3.04. The van der Waals surface area contributed by atoms with Gasteiger partial charge in [-0.2, -0.15) is 0 Å². The topological polar surface area (TPSA) is 25.2 Å². The van der Waals surface area contributed by atoms with E-state index in [0.29, 0.717) is 0 Å². The van der Waals surface area contributed by atoms with Crippen LogP contribution in [-0.2, 0) is 6.42 Å². The number of benzene rings is 1. The number of furan rings is 1. The minimum atomic E-state index is -0.190. The molecule has 0 aliphatic carbocycles. The van der Waals surface area contributed by atoms with Gasteiger partial charge in [0.1, 0.15) is 11.6 Å². The van der Waals surface area contributed by atoms with E-state index >= 15 is 0 Å². The van der Waals surface area contributed by atoms with E-state index in [1.54, 1.807) is 12.3 Å². The zero-order valence-corrected chi connectivity index (χ0v) is 10.7. The van der Waals surface area contributed by atoms with Crippen molar-refractivity contribution in [1.29, 1.82) is 0 Å². The normalized spacial score (nSPS) is 12.6. The van der Waals surface area contributed by atoms with E-state index in [9.17, 15) is 4.39 Å². The van der Waals surface area contributed by atoms with Crippen LogP contribution in [0.5, 0.6) is 0 Å². The molecule has 3 heteroatoms. The van der Waals surface area contributed by atoms with Gasteiger partial charge in [0.05, 0.1) is 6.26 Å². The van der Waals surface area contributed by atoms with E-state index in [4.69, 9.17) is 4.42 Å². The van der Waals surface area contributed by atoms with Gasteiger partial charge in [0.15, 0.2) is 0 Å². The molecule has 1 aromatic carbocycles. The Balaban J connectivity index is 2.23. The fourth-order valence-electron chi connectivity index (χ4n) is 2.20. The first-order valence-corrected chi connectivity index (χ1v) is 6.22. The fourth-order valence-corrected chi connectivity index (χ4v) is 2.20. The Morgan fingerprint density at radius 1 is 1.33 bits per heavy atom. The molecule has 0 aliphatic heterocycles. The molecule has 0 amide bonds. The largest absolute Gasteiger partial charge is 0.469 e. The molecule has 0 aliphatic rings. The first-order chi connectivity index (χ1) is 8.70. The number of likely N-dealkylation sites (N-methyl/N-ethyl adjacent to an activating group) is 1. The van der Waals surface area contributed by atoms with Crippen molar-refractivity contribution in [2.45, 2.75) is 26.3 Å². The van der Waals surface area contributed by atoms with Crippen molar-refractivity contribution >= 4 is 0 Å². The summed E-state index contributed by atoms with van der Waals surface area (Å²) >= 11 is 0. The van der Waals surface area contributed by atoms with Crippen LogP contribution in [0.25, 0.3) is 0 Å². The van der Waals surface area contributed by atoms with Crippen molar-refractivity contribution in [3.05, 3.63) is 59.3 Å². The van der Waals surface area contributed by atoms with Crippen LogP contribution in [0.15, 0.2) is 41.0 Å². The van der Waals surface area contributed by atoms with Gasteiger partial charge in [-0.05, 0) is 48.9 Å². The summed E-state index contributed by atoms with van der Waals surface area (Å²) in [5, 5.41) is 3.42. The Hall–Kier alpha value is -1.61. The van der Waals surface area contributed by atoms with Crippen molar-refractivity contribution in [1.82, 2.24) is 5.32 Å². The molecule has 0 saturated heterocycles. The summed E-state index contributed by atoms with van der Waals surface area (Å²) in [4.78, 5) is 0. The summed E-state index contributed by atoms with van der Waals surface area (Å²) in [6, 6.07) is 8.93.